The lowest BCUT2D eigenvalue weighted by molar-refractivity contribution is -0.137. The molecule has 23 heavy (non-hydrogen) atoms. The van der Waals surface area contributed by atoms with Gasteiger partial charge in [-0.25, -0.2) is 5.43 Å². The summed E-state index contributed by atoms with van der Waals surface area (Å²) in [6.07, 6.45) is 3.35. The smallest absolute Gasteiger partial charge is 0.303 e. The Morgan fingerprint density at radius 3 is 2.87 bits per heavy atom. The molecule has 2 aromatic heterocycles. The van der Waals surface area contributed by atoms with E-state index >= 15 is 0 Å². The van der Waals surface area contributed by atoms with Gasteiger partial charge in [-0.3, -0.25) is 14.6 Å². The molecule has 2 N–H and O–H groups in total. The monoisotopic (exact) mass is 315 g/mol. The zero-order valence-corrected chi connectivity index (χ0v) is 12.9. The van der Waals surface area contributed by atoms with Crippen LogP contribution in [0, 0.1) is 6.92 Å². The van der Waals surface area contributed by atoms with E-state index in [0.29, 0.717) is 29.2 Å². The summed E-state index contributed by atoms with van der Waals surface area (Å²) >= 11 is 0. The van der Waals surface area contributed by atoms with E-state index in [9.17, 15) is 9.59 Å². The first kappa shape index (κ1) is 16.4. The van der Waals surface area contributed by atoms with Crippen LogP contribution in [0.2, 0.25) is 0 Å². The molecule has 1 amide bonds. The predicted molar refractivity (Wildman–Crippen MR) is 83.3 cm³/mol. The van der Waals surface area contributed by atoms with Crippen LogP contribution >= 0.6 is 0 Å². The van der Waals surface area contributed by atoms with Crippen molar-refractivity contribution in [3.8, 4) is 0 Å². The van der Waals surface area contributed by atoms with Crippen LogP contribution in [-0.4, -0.2) is 27.7 Å². The molecule has 0 saturated carbocycles. The zero-order chi connectivity index (χ0) is 16.8. The fraction of sp³-hybridized carbons (Fsp3) is 0.250. The van der Waals surface area contributed by atoms with Crippen molar-refractivity contribution in [3.05, 3.63) is 53.2 Å². The molecule has 7 heteroatoms. The summed E-state index contributed by atoms with van der Waals surface area (Å²) in [6.45, 7) is 3.50. The third kappa shape index (κ3) is 4.50. The Balaban J connectivity index is 2.06. The van der Waals surface area contributed by atoms with Crippen molar-refractivity contribution in [1.29, 1.82) is 0 Å². The molecule has 120 valence electrons. The van der Waals surface area contributed by atoms with Crippen LogP contribution < -0.4 is 5.43 Å². The number of carboxylic acids is 1. The highest BCUT2D eigenvalue weighted by Gasteiger charge is 2.12. The molecule has 0 aliphatic carbocycles. The molecule has 0 saturated heterocycles. The Labute approximate surface area is 133 Å². The van der Waals surface area contributed by atoms with Crippen molar-refractivity contribution in [1.82, 2.24) is 10.4 Å². The van der Waals surface area contributed by atoms with Gasteiger partial charge in [-0.1, -0.05) is 0 Å². The third-order valence-electron chi connectivity index (χ3n) is 3.19. The van der Waals surface area contributed by atoms with Crippen LogP contribution in [0.4, 0.5) is 0 Å². The lowest BCUT2D eigenvalue weighted by atomic mass is 10.1. The maximum Gasteiger partial charge on any atom is 0.303 e. The first-order valence-corrected chi connectivity index (χ1v) is 7.03. The number of nitrogens with zero attached hydrogens (tertiary/aromatic N) is 2. The number of aromatic nitrogens is 1. The molecule has 0 radical (unpaired) electrons. The van der Waals surface area contributed by atoms with Gasteiger partial charge in [-0.05, 0) is 32.0 Å². The number of carbonyl (C=O) groups is 2. The van der Waals surface area contributed by atoms with E-state index in [4.69, 9.17) is 9.52 Å². The summed E-state index contributed by atoms with van der Waals surface area (Å²) in [5.41, 5.74) is 4.18. The molecule has 0 aliphatic rings. The van der Waals surface area contributed by atoms with Gasteiger partial charge in [0.25, 0.3) is 5.91 Å². The minimum Gasteiger partial charge on any atom is -0.481 e. The van der Waals surface area contributed by atoms with Gasteiger partial charge in [-0.15, -0.1) is 0 Å². The minimum absolute atomic E-state index is 0.000324. The first-order valence-electron chi connectivity index (χ1n) is 7.03. The average molecular weight is 315 g/mol. The number of aryl methyl sites for hydroxylation is 2. The second kappa shape index (κ2) is 7.35. The largest absolute Gasteiger partial charge is 0.481 e. The van der Waals surface area contributed by atoms with Crippen LogP contribution in [-0.2, 0) is 11.2 Å². The van der Waals surface area contributed by atoms with E-state index in [1.54, 1.807) is 38.2 Å². The van der Waals surface area contributed by atoms with Crippen LogP contribution in [0.25, 0.3) is 0 Å². The number of hydrazone groups is 1. The number of carboxylic acid groups (broad SMARTS) is 1. The molecule has 0 aromatic carbocycles. The van der Waals surface area contributed by atoms with Crippen molar-refractivity contribution in [2.24, 2.45) is 5.10 Å². The number of furan rings is 1. The van der Waals surface area contributed by atoms with E-state index in [0.717, 1.165) is 5.56 Å². The topological polar surface area (TPSA) is 105 Å². The molecular weight excluding hydrogens is 298 g/mol. The molecule has 0 atom stereocenters. The SMILES string of the molecule is C/C(=N/NC(=O)c1cccnc1)c1cc(CCC(=O)O)oc1C. The van der Waals surface area contributed by atoms with Gasteiger partial charge in [-0.2, -0.15) is 5.10 Å². The Morgan fingerprint density at radius 1 is 1.43 bits per heavy atom. The zero-order valence-electron chi connectivity index (χ0n) is 12.9. The van der Waals surface area contributed by atoms with Crippen molar-refractivity contribution in [2.45, 2.75) is 26.7 Å². The normalized spacial score (nSPS) is 11.3. The number of rotatable bonds is 6. The van der Waals surface area contributed by atoms with E-state index in [-0.39, 0.29) is 12.3 Å². The van der Waals surface area contributed by atoms with E-state index in [1.165, 1.54) is 6.20 Å². The Kier molecular flexibility index (Phi) is 5.24. The molecule has 7 nitrogen and oxygen atoms in total. The number of hydrogen-bond acceptors (Lipinski definition) is 5. The summed E-state index contributed by atoms with van der Waals surface area (Å²) in [7, 11) is 0. The summed E-state index contributed by atoms with van der Waals surface area (Å²) in [4.78, 5) is 26.4. The predicted octanol–water partition coefficient (Wildman–Crippen LogP) is 2.15. The molecule has 0 aliphatic heterocycles. The van der Waals surface area contributed by atoms with Gasteiger partial charge in [0.2, 0.25) is 0 Å². The molecular formula is C16H17N3O4. The van der Waals surface area contributed by atoms with Crippen molar-refractivity contribution >= 4 is 17.6 Å². The quantitative estimate of drug-likeness (QED) is 0.628. The average Bonchev–Trinajstić information content (AvgIpc) is 2.92. The number of amides is 1. The summed E-state index contributed by atoms with van der Waals surface area (Å²) in [5.74, 6) is -0.0327. The maximum absolute atomic E-state index is 11.9. The van der Waals surface area contributed by atoms with Gasteiger partial charge in [0, 0.05) is 24.4 Å². The van der Waals surface area contributed by atoms with Gasteiger partial charge in [0.1, 0.15) is 11.5 Å². The van der Waals surface area contributed by atoms with Crippen molar-refractivity contribution in [2.75, 3.05) is 0 Å². The maximum atomic E-state index is 11.9. The van der Waals surface area contributed by atoms with E-state index in [1.807, 2.05) is 0 Å². The number of pyridine rings is 1. The number of nitrogens with one attached hydrogen (secondary N) is 1. The first-order chi connectivity index (χ1) is 11.0. The van der Waals surface area contributed by atoms with Gasteiger partial charge < -0.3 is 9.52 Å². The highest BCUT2D eigenvalue weighted by atomic mass is 16.4. The van der Waals surface area contributed by atoms with E-state index < -0.39 is 5.97 Å². The fourth-order valence-corrected chi connectivity index (χ4v) is 2.01. The second-order valence-corrected chi connectivity index (χ2v) is 4.96. The van der Waals surface area contributed by atoms with Gasteiger partial charge in [0.05, 0.1) is 17.7 Å². The molecule has 0 bridgehead atoms. The fourth-order valence-electron chi connectivity index (χ4n) is 2.01. The van der Waals surface area contributed by atoms with Crippen LogP contribution in [0.3, 0.4) is 0 Å². The molecule has 2 aromatic rings. The van der Waals surface area contributed by atoms with Gasteiger partial charge in [0.15, 0.2) is 0 Å². The summed E-state index contributed by atoms with van der Waals surface area (Å²) < 4.78 is 5.51. The molecule has 2 rings (SSSR count). The molecule has 0 spiro atoms. The van der Waals surface area contributed by atoms with Gasteiger partial charge >= 0.3 is 5.97 Å². The number of hydrogen-bond donors (Lipinski definition) is 2. The Hall–Kier alpha value is -2.96. The summed E-state index contributed by atoms with van der Waals surface area (Å²) in [6, 6.07) is 5.05. The molecule has 2 heterocycles. The second-order valence-electron chi connectivity index (χ2n) is 4.96. The molecule has 0 fully saturated rings. The minimum atomic E-state index is -0.880. The number of carbonyl (C=O) groups excluding carboxylic acids is 1. The highest BCUT2D eigenvalue weighted by Crippen LogP contribution is 2.17. The van der Waals surface area contributed by atoms with Crippen molar-refractivity contribution < 1.29 is 19.1 Å². The van der Waals surface area contributed by atoms with Crippen LogP contribution in [0.15, 0.2) is 40.1 Å². The Bertz CT molecular complexity index is 735. The third-order valence-corrected chi connectivity index (χ3v) is 3.19. The number of aliphatic carboxylic acids is 1. The van der Waals surface area contributed by atoms with E-state index in [2.05, 4.69) is 15.5 Å². The standard InChI is InChI=1S/C16H17N3O4/c1-10(18-19-16(22)12-4-3-7-17-9-12)14-8-13(23-11(14)2)5-6-15(20)21/h3-4,7-9H,5-6H2,1-2H3,(H,19,22)(H,20,21)/b18-10-. The van der Waals surface area contributed by atoms with Crippen molar-refractivity contribution in [3.63, 3.8) is 0 Å². The van der Waals surface area contributed by atoms with Crippen LogP contribution in [0.1, 0.15) is 40.8 Å². The lowest BCUT2D eigenvalue weighted by Crippen LogP contribution is -2.19. The summed E-state index contributed by atoms with van der Waals surface area (Å²) in [5, 5.41) is 12.7. The van der Waals surface area contributed by atoms with Crippen LogP contribution in [0.5, 0.6) is 0 Å². The highest BCUT2D eigenvalue weighted by molar-refractivity contribution is 6.01. The lowest BCUT2D eigenvalue weighted by Gasteiger charge is -2.01. The molecule has 0 unspecified atom stereocenters. The Morgan fingerprint density at radius 2 is 2.22 bits per heavy atom.